The number of hydrogen-bond donors (Lipinski definition) is 2. The molecule has 2 aromatic carbocycles. The molecule has 0 saturated heterocycles. The maximum Gasteiger partial charge on any atom is 0.237 e. The fraction of sp³-hybridized carbons (Fsp3) is 0.286. The highest BCUT2D eigenvalue weighted by molar-refractivity contribution is 8.00. The maximum atomic E-state index is 12.5. The Morgan fingerprint density at radius 1 is 1.00 bits per heavy atom. The molecule has 0 radical (unpaired) electrons. The van der Waals surface area contributed by atoms with Gasteiger partial charge in [-0.25, -0.2) is 4.98 Å². The second-order valence-corrected chi connectivity index (χ2v) is 8.26. The Hall–Kier alpha value is -2.80. The van der Waals surface area contributed by atoms with Gasteiger partial charge < -0.3 is 15.1 Å². The van der Waals surface area contributed by atoms with Crippen molar-refractivity contribution in [2.45, 2.75) is 43.8 Å². The van der Waals surface area contributed by atoms with E-state index in [0.717, 1.165) is 16.1 Å². The SMILES string of the molecule is CC(=O)Nc1ccc(SC(C)C(=O)Nc2ccc3oc(C(C)C)nc3c2)cc1. The van der Waals surface area contributed by atoms with Crippen molar-refractivity contribution in [3.05, 3.63) is 48.4 Å². The Morgan fingerprint density at radius 3 is 2.32 bits per heavy atom. The summed E-state index contributed by atoms with van der Waals surface area (Å²) in [6.45, 7) is 7.37. The summed E-state index contributed by atoms with van der Waals surface area (Å²) in [4.78, 5) is 29.0. The van der Waals surface area contributed by atoms with Gasteiger partial charge in [-0.05, 0) is 49.4 Å². The summed E-state index contributed by atoms with van der Waals surface area (Å²) in [5.41, 5.74) is 2.86. The van der Waals surface area contributed by atoms with Crippen LogP contribution in [0.1, 0.15) is 39.5 Å². The molecule has 0 spiro atoms. The van der Waals surface area contributed by atoms with Crippen LogP contribution in [0.15, 0.2) is 51.8 Å². The van der Waals surface area contributed by atoms with Gasteiger partial charge in [0.15, 0.2) is 11.5 Å². The fourth-order valence-corrected chi connectivity index (χ4v) is 3.46. The van der Waals surface area contributed by atoms with Gasteiger partial charge in [0.05, 0.1) is 5.25 Å². The van der Waals surface area contributed by atoms with E-state index < -0.39 is 0 Å². The van der Waals surface area contributed by atoms with Crippen LogP contribution in [0.5, 0.6) is 0 Å². The third-order valence-electron chi connectivity index (χ3n) is 4.02. The molecule has 0 bridgehead atoms. The van der Waals surface area contributed by atoms with Gasteiger partial charge in [0.1, 0.15) is 5.52 Å². The van der Waals surface area contributed by atoms with Gasteiger partial charge in [-0.2, -0.15) is 0 Å². The van der Waals surface area contributed by atoms with Crippen molar-refractivity contribution in [2.24, 2.45) is 0 Å². The van der Waals surface area contributed by atoms with E-state index in [1.165, 1.54) is 18.7 Å². The molecule has 28 heavy (non-hydrogen) atoms. The van der Waals surface area contributed by atoms with Crippen molar-refractivity contribution in [1.82, 2.24) is 4.98 Å². The highest BCUT2D eigenvalue weighted by Crippen LogP contribution is 2.27. The molecule has 1 atom stereocenters. The fourth-order valence-electron chi connectivity index (χ4n) is 2.59. The lowest BCUT2D eigenvalue weighted by atomic mass is 10.2. The van der Waals surface area contributed by atoms with Gasteiger partial charge in [-0.15, -0.1) is 11.8 Å². The average molecular weight is 398 g/mol. The van der Waals surface area contributed by atoms with E-state index in [9.17, 15) is 9.59 Å². The van der Waals surface area contributed by atoms with Crippen molar-refractivity contribution < 1.29 is 14.0 Å². The average Bonchev–Trinajstić information content (AvgIpc) is 3.06. The number of carbonyl (C=O) groups excluding carboxylic acids is 2. The standard InChI is InChI=1S/C21H23N3O3S/c1-12(2)21-24-18-11-16(7-10-19(18)27-21)23-20(26)13(3)28-17-8-5-15(6-9-17)22-14(4)25/h5-13H,1-4H3,(H,22,25)(H,23,26). The molecule has 7 heteroatoms. The Morgan fingerprint density at radius 2 is 1.68 bits per heavy atom. The first kappa shape index (κ1) is 19.9. The molecule has 0 aliphatic heterocycles. The Balaban J connectivity index is 1.63. The highest BCUT2D eigenvalue weighted by atomic mass is 32.2. The Labute approximate surface area is 168 Å². The van der Waals surface area contributed by atoms with Crippen LogP contribution in [0.25, 0.3) is 11.1 Å². The molecule has 1 unspecified atom stereocenters. The van der Waals surface area contributed by atoms with Gasteiger partial charge >= 0.3 is 0 Å². The normalized spacial score (nSPS) is 12.2. The summed E-state index contributed by atoms with van der Waals surface area (Å²) in [5, 5.41) is 5.37. The number of thioether (sulfide) groups is 1. The Kier molecular flexibility index (Phi) is 6.04. The van der Waals surface area contributed by atoms with E-state index in [1.54, 1.807) is 0 Å². The molecule has 0 fully saturated rings. The number of nitrogens with one attached hydrogen (secondary N) is 2. The zero-order valence-corrected chi connectivity index (χ0v) is 17.1. The number of anilines is 2. The molecule has 3 rings (SSSR count). The van der Waals surface area contributed by atoms with Gasteiger partial charge in [-0.1, -0.05) is 13.8 Å². The molecule has 2 N–H and O–H groups in total. The van der Waals surface area contributed by atoms with Gasteiger partial charge in [0, 0.05) is 29.1 Å². The summed E-state index contributed by atoms with van der Waals surface area (Å²) >= 11 is 1.45. The molecule has 0 aliphatic carbocycles. The van der Waals surface area contributed by atoms with Gasteiger partial charge in [0.2, 0.25) is 11.8 Å². The molecular formula is C21H23N3O3S. The first-order valence-electron chi connectivity index (χ1n) is 9.07. The molecule has 1 heterocycles. The monoisotopic (exact) mass is 397 g/mol. The quantitative estimate of drug-likeness (QED) is 0.570. The zero-order valence-electron chi connectivity index (χ0n) is 16.3. The zero-order chi connectivity index (χ0) is 20.3. The third kappa shape index (κ3) is 4.92. The van der Waals surface area contributed by atoms with Crippen LogP contribution < -0.4 is 10.6 Å². The molecule has 2 amide bonds. The third-order valence-corrected chi connectivity index (χ3v) is 5.13. The minimum atomic E-state index is -0.286. The van der Waals surface area contributed by atoms with Crippen LogP contribution in [-0.4, -0.2) is 22.0 Å². The van der Waals surface area contributed by atoms with Crippen molar-refractivity contribution in [3.8, 4) is 0 Å². The summed E-state index contributed by atoms with van der Waals surface area (Å²) in [5.74, 6) is 0.685. The number of amides is 2. The number of rotatable bonds is 6. The lowest BCUT2D eigenvalue weighted by Crippen LogP contribution is -2.22. The maximum absolute atomic E-state index is 12.5. The van der Waals surface area contributed by atoms with Crippen LogP contribution >= 0.6 is 11.8 Å². The van der Waals surface area contributed by atoms with Crippen molar-refractivity contribution in [3.63, 3.8) is 0 Å². The summed E-state index contributed by atoms with van der Waals surface area (Å²) in [7, 11) is 0. The molecule has 1 aromatic heterocycles. The predicted molar refractivity (Wildman–Crippen MR) is 113 cm³/mol. The second kappa shape index (κ2) is 8.48. The highest BCUT2D eigenvalue weighted by Gasteiger charge is 2.16. The van der Waals surface area contributed by atoms with Crippen molar-refractivity contribution in [2.75, 3.05) is 10.6 Å². The first-order valence-corrected chi connectivity index (χ1v) is 9.95. The van der Waals surface area contributed by atoms with Crippen LogP contribution in [0, 0.1) is 0 Å². The van der Waals surface area contributed by atoms with Crippen LogP contribution in [0.3, 0.4) is 0 Å². The van der Waals surface area contributed by atoms with Crippen molar-refractivity contribution >= 4 is 46.1 Å². The summed E-state index contributed by atoms with van der Waals surface area (Å²) in [6.07, 6.45) is 0. The van der Waals surface area contributed by atoms with Gasteiger partial charge in [0.25, 0.3) is 0 Å². The lowest BCUT2D eigenvalue weighted by molar-refractivity contribution is -0.115. The van der Waals surface area contributed by atoms with E-state index in [4.69, 9.17) is 4.42 Å². The van der Waals surface area contributed by atoms with E-state index >= 15 is 0 Å². The van der Waals surface area contributed by atoms with Crippen molar-refractivity contribution in [1.29, 1.82) is 0 Å². The van der Waals surface area contributed by atoms with E-state index in [0.29, 0.717) is 17.2 Å². The summed E-state index contributed by atoms with van der Waals surface area (Å²) in [6, 6.07) is 12.9. The van der Waals surface area contributed by atoms with Crippen LogP contribution in [0.4, 0.5) is 11.4 Å². The van der Waals surface area contributed by atoms with E-state index in [1.807, 2.05) is 63.2 Å². The number of carbonyl (C=O) groups is 2. The van der Waals surface area contributed by atoms with Crippen LogP contribution in [0.2, 0.25) is 0 Å². The minimum Gasteiger partial charge on any atom is -0.440 e. The number of nitrogens with zero attached hydrogens (tertiary/aromatic N) is 1. The topological polar surface area (TPSA) is 84.2 Å². The number of hydrogen-bond acceptors (Lipinski definition) is 5. The van der Waals surface area contributed by atoms with Crippen LogP contribution in [-0.2, 0) is 9.59 Å². The molecule has 0 aliphatic rings. The smallest absolute Gasteiger partial charge is 0.237 e. The van der Waals surface area contributed by atoms with E-state index in [2.05, 4.69) is 15.6 Å². The molecular weight excluding hydrogens is 374 g/mol. The largest absolute Gasteiger partial charge is 0.440 e. The molecule has 146 valence electrons. The second-order valence-electron chi connectivity index (χ2n) is 6.84. The molecule has 6 nitrogen and oxygen atoms in total. The number of fused-ring (bicyclic) bond motifs is 1. The molecule has 3 aromatic rings. The summed E-state index contributed by atoms with van der Waals surface area (Å²) < 4.78 is 5.70. The predicted octanol–water partition coefficient (Wildman–Crippen LogP) is 5.03. The van der Waals surface area contributed by atoms with Gasteiger partial charge in [-0.3, -0.25) is 9.59 Å². The minimum absolute atomic E-state index is 0.0946. The Bertz CT molecular complexity index is 996. The number of aromatic nitrogens is 1. The first-order chi connectivity index (χ1) is 13.3. The lowest BCUT2D eigenvalue weighted by Gasteiger charge is -2.12. The van der Waals surface area contributed by atoms with E-state index in [-0.39, 0.29) is 23.0 Å². The number of oxazole rings is 1. The molecule has 0 saturated carbocycles. The number of benzene rings is 2.